The summed E-state index contributed by atoms with van der Waals surface area (Å²) in [5.74, 6) is 0.809. The van der Waals surface area contributed by atoms with Gasteiger partial charge in [-0.15, -0.1) is 35.3 Å². The van der Waals surface area contributed by atoms with Gasteiger partial charge in [-0.3, -0.25) is 4.99 Å². The van der Waals surface area contributed by atoms with Crippen LogP contribution in [0.25, 0.3) is 0 Å². The molecule has 0 bridgehead atoms. The zero-order valence-corrected chi connectivity index (χ0v) is 20.1. The third-order valence-electron chi connectivity index (χ3n) is 4.95. The first-order chi connectivity index (χ1) is 13.2. The van der Waals surface area contributed by atoms with Crippen molar-refractivity contribution in [2.45, 2.75) is 52.2 Å². The Morgan fingerprint density at radius 1 is 1.29 bits per heavy atom. The molecule has 5 nitrogen and oxygen atoms in total. The van der Waals surface area contributed by atoms with Crippen LogP contribution in [-0.2, 0) is 17.7 Å². The molecule has 0 saturated carbocycles. The van der Waals surface area contributed by atoms with E-state index in [2.05, 4.69) is 51.8 Å². The number of ether oxygens (including phenoxy) is 1. The number of nitrogens with zero attached hydrogens (tertiary/aromatic N) is 2. The fraction of sp³-hybridized carbons (Fsp3) is 0.524. The third-order valence-corrected chi connectivity index (χ3v) is 6.02. The molecule has 0 fully saturated rings. The topological polar surface area (TPSA) is 58.5 Å². The second-order valence-corrected chi connectivity index (χ2v) is 8.19. The van der Waals surface area contributed by atoms with Gasteiger partial charge in [0.2, 0.25) is 0 Å². The van der Waals surface area contributed by atoms with Gasteiger partial charge in [0.15, 0.2) is 5.96 Å². The van der Waals surface area contributed by atoms with Gasteiger partial charge >= 0.3 is 0 Å². The van der Waals surface area contributed by atoms with Crippen LogP contribution < -0.4 is 10.6 Å². The highest BCUT2D eigenvalue weighted by Gasteiger charge is 2.19. The Kier molecular flexibility index (Phi) is 9.67. The number of nitrogens with one attached hydrogen (secondary N) is 2. The molecule has 0 saturated heterocycles. The van der Waals surface area contributed by atoms with E-state index in [9.17, 15) is 0 Å². The molecule has 154 valence electrons. The summed E-state index contributed by atoms with van der Waals surface area (Å²) in [7, 11) is 1.79. The molecule has 0 aliphatic heterocycles. The summed E-state index contributed by atoms with van der Waals surface area (Å²) in [6.45, 7) is 6.45. The summed E-state index contributed by atoms with van der Waals surface area (Å²) in [5.41, 5.74) is 3.94. The molecule has 28 heavy (non-hydrogen) atoms. The van der Waals surface area contributed by atoms with Gasteiger partial charge in [0.25, 0.3) is 0 Å². The summed E-state index contributed by atoms with van der Waals surface area (Å²) in [6.07, 6.45) is 4.72. The number of rotatable bonds is 7. The van der Waals surface area contributed by atoms with Crippen LogP contribution in [0.4, 0.5) is 0 Å². The first-order valence-electron chi connectivity index (χ1n) is 9.74. The summed E-state index contributed by atoms with van der Waals surface area (Å²) in [5, 5.41) is 7.77. The van der Waals surface area contributed by atoms with E-state index in [0.717, 1.165) is 42.7 Å². The quantitative estimate of drug-likeness (QED) is 0.247. The second-order valence-electron chi connectivity index (χ2n) is 6.91. The lowest BCUT2D eigenvalue weighted by Gasteiger charge is -2.25. The fourth-order valence-electron chi connectivity index (χ4n) is 3.38. The molecule has 2 N–H and O–H groups in total. The largest absolute Gasteiger partial charge is 0.373 e. The molecular formula is C21H31IN4OS. The zero-order valence-electron chi connectivity index (χ0n) is 17.0. The summed E-state index contributed by atoms with van der Waals surface area (Å²) < 4.78 is 6.16. The Balaban J connectivity index is 0.00000280. The van der Waals surface area contributed by atoms with E-state index < -0.39 is 0 Å². The van der Waals surface area contributed by atoms with Crippen molar-refractivity contribution >= 4 is 41.3 Å². The molecule has 3 rings (SSSR count). The SMILES string of the molecule is CN=C(NCCCOC1CCCc2ccccc21)NCc1nc(C)c(C)s1.I. The van der Waals surface area contributed by atoms with Gasteiger partial charge in [0, 0.05) is 25.1 Å². The van der Waals surface area contributed by atoms with Gasteiger partial charge in [-0.1, -0.05) is 24.3 Å². The van der Waals surface area contributed by atoms with Crippen LogP contribution in [-0.4, -0.2) is 31.1 Å². The van der Waals surface area contributed by atoms with Crippen LogP contribution in [0.5, 0.6) is 0 Å². The Morgan fingerprint density at radius 3 is 2.86 bits per heavy atom. The van der Waals surface area contributed by atoms with E-state index in [1.54, 1.807) is 18.4 Å². The number of benzene rings is 1. The van der Waals surface area contributed by atoms with Crippen molar-refractivity contribution in [3.63, 3.8) is 0 Å². The number of aromatic nitrogens is 1. The summed E-state index contributed by atoms with van der Waals surface area (Å²) >= 11 is 1.73. The predicted molar refractivity (Wildman–Crippen MR) is 128 cm³/mol. The van der Waals surface area contributed by atoms with Crippen molar-refractivity contribution in [2.24, 2.45) is 4.99 Å². The van der Waals surface area contributed by atoms with Crippen LogP contribution in [0.15, 0.2) is 29.3 Å². The van der Waals surface area contributed by atoms with Crippen molar-refractivity contribution < 1.29 is 4.74 Å². The van der Waals surface area contributed by atoms with Crippen LogP contribution in [0, 0.1) is 13.8 Å². The minimum Gasteiger partial charge on any atom is -0.373 e. The number of thiazole rings is 1. The minimum atomic E-state index is 0. The molecule has 0 amide bonds. The Labute approximate surface area is 189 Å². The summed E-state index contributed by atoms with van der Waals surface area (Å²) in [4.78, 5) is 10.1. The van der Waals surface area contributed by atoms with E-state index in [1.807, 2.05) is 6.92 Å². The average Bonchev–Trinajstić information content (AvgIpc) is 3.01. The normalized spacial score (nSPS) is 16.2. The Morgan fingerprint density at radius 2 is 2.11 bits per heavy atom. The van der Waals surface area contributed by atoms with Gasteiger partial charge in [-0.05, 0) is 50.7 Å². The lowest BCUT2D eigenvalue weighted by atomic mass is 9.89. The molecule has 1 aromatic carbocycles. The molecule has 0 radical (unpaired) electrons. The standard InChI is InChI=1S/C21H30N4OS.HI/c1-15-16(2)27-20(25-15)14-24-21(22-3)23-12-7-13-26-19-11-6-9-17-8-4-5-10-18(17)19;/h4-5,8,10,19H,6-7,9,11-14H2,1-3H3,(H2,22,23,24);1H. The summed E-state index contributed by atoms with van der Waals surface area (Å²) in [6, 6.07) is 8.68. The molecule has 1 aliphatic carbocycles. The molecular weight excluding hydrogens is 483 g/mol. The minimum absolute atomic E-state index is 0. The van der Waals surface area contributed by atoms with Crippen molar-refractivity contribution in [3.8, 4) is 0 Å². The molecule has 1 atom stereocenters. The number of aryl methyl sites for hydroxylation is 3. The number of hydrogen-bond acceptors (Lipinski definition) is 4. The van der Waals surface area contributed by atoms with Crippen molar-refractivity contribution in [2.75, 3.05) is 20.2 Å². The van der Waals surface area contributed by atoms with Gasteiger partial charge < -0.3 is 15.4 Å². The molecule has 1 aliphatic rings. The molecule has 1 heterocycles. The highest BCUT2D eigenvalue weighted by Crippen LogP contribution is 2.32. The fourth-order valence-corrected chi connectivity index (χ4v) is 4.26. The molecule has 1 unspecified atom stereocenters. The lowest BCUT2D eigenvalue weighted by Crippen LogP contribution is -2.37. The van der Waals surface area contributed by atoms with Gasteiger partial charge in [0.05, 0.1) is 18.3 Å². The monoisotopic (exact) mass is 514 g/mol. The van der Waals surface area contributed by atoms with Crippen LogP contribution >= 0.6 is 35.3 Å². The van der Waals surface area contributed by atoms with Crippen molar-refractivity contribution in [1.29, 1.82) is 0 Å². The molecule has 0 spiro atoms. The lowest BCUT2D eigenvalue weighted by molar-refractivity contribution is 0.0398. The van der Waals surface area contributed by atoms with Gasteiger partial charge in [-0.25, -0.2) is 4.98 Å². The van der Waals surface area contributed by atoms with Crippen molar-refractivity contribution in [1.82, 2.24) is 15.6 Å². The van der Waals surface area contributed by atoms with E-state index in [0.29, 0.717) is 6.54 Å². The second kappa shape index (κ2) is 11.7. The van der Waals surface area contributed by atoms with E-state index in [4.69, 9.17) is 4.74 Å². The van der Waals surface area contributed by atoms with Crippen LogP contribution in [0.1, 0.15) is 52.1 Å². The zero-order chi connectivity index (χ0) is 19.1. The third kappa shape index (κ3) is 6.42. The molecule has 7 heteroatoms. The molecule has 1 aromatic heterocycles. The van der Waals surface area contributed by atoms with Gasteiger partial charge in [0.1, 0.15) is 5.01 Å². The van der Waals surface area contributed by atoms with E-state index >= 15 is 0 Å². The number of guanidine groups is 1. The smallest absolute Gasteiger partial charge is 0.191 e. The van der Waals surface area contributed by atoms with Crippen LogP contribution in [0.2, 0.25) is 0 Å². The number of hydrogen-bond donors (Lipinski definition) is 2. The highest BCUT2D eigenvalue weighted by atomic mass is 127. The maximum Gasteiger partial charge on any atom is 0.191 e. The molecule has 2 aromatic rings. The first-order valence-corrected chi connectivity index (χ1v) is 10.6. The van der Waals surface area contributed by atoms with Crippen molar-refractivity contribution in [3.05, 3.63) is 51.0 Å². The first kappa shape index (κ1) is 23.1. The maximum absolute atomic E-state index is 6.16. The average molecular weight is 514 g/mol. The van der Waals surface area contributed by atoms with Crippen LogP contribution in [0.3, 0.4) is 0 Å². The number of fused-ring (bicyclic) bond motifs is 1. The highest BCUT2D eigenvalue weighted by molar-refractivity contribution is 14.0. The number of halogens is 1. The Hall–Kier alpha value is -1.19. The predicted octanol–water partition coefficient (Wildman–Crippen LogP) is 4.53. The maximum atomic E-state index is 6.16. The van der Waals surface area contributed by atoms with E-state index in [-0.39, 0.29) is 30.1 Å². The number of aliphatic imine (C=N–C) groups is 1. The Bertz CT molecular complexity index is 758. The van der Waals surface area contributed by atoms with Gasteiger partial charge in [-0.2, -0.15) is 0 Å². The van der Waals surface area contributed by atoms with E-state index in [1.165, 1.54) is 28.8 Å².